The Morgan fingerprint density at radius 2 is 1.86 bits per heavy atom. The normalized spacial score (nSPS) is 26.4. The first-order valence-electron chi connectivity index (χ1n) is 9.05. The molecule has 118 valence electrons. The van der Waals surface area contributed by atoms with Crippen LogP contribution >= 0.6 is 0 Å². The van der Waals surface area contributed by atoms with E-state index in [0.29, 0.717) is 11.7 Å². The molecule has 0 N–H and O–H groups in total. The van der Waals surface area contributed by atoms with Gasteiger partial charge in [0.1, 0.15) is 0 Å². The van der Waals surface area contributed by atoms with Crippen LogP contribution in [0.25, 0.3) is 0 Å². The summed E-state index contributed by atoms with van der Waals surface area (Å²) < 4.78 is 0. The van der Waals surface area contributed by atoms with E-state index < -0.39 is 0 Å². The predicted octanol–water partition coefficient (Wildman–Crippen LogP) is 5.81. The Morgan fingerprint density at radius 1 is 1.14 bits per heavy atom. The average Bonchev–Trinajstić information content (AvgIpc) is 2.91. The zero-order valence-electron chi connectivity index (χ0n) is 13.8. The molecule has 0 aliphatic heterocycles. The summed E-state index contributed by atoms with van der Waals surface area (Å²) in [6, 6.07) is 9.96. The number of rotatable bonds is 5. The van der Waals surface area contributed by atoms with E-state index in [1.807, 2.05) is 30.3 Å². The highest BCUT2D eigenvalue weighted by atomic mass is 16.1. The fraction of sp³-hybridized carbons (Fsp3) is 0.571. The van der Waals surface area contributed by atoms with Crippen molar-refractivity contribution in [3.05, 3.63) is 48.0 Å². The van der Waals surface area contributed by atoms with Gasteiger partial charge in [0.15, 0.2) is 5.78 Å². The van der Waals surface area contributed by atoms with Gasteiger partial charge < -0.3 is 0 Å². The first-order valence-corrected chi connectivity index (χ1v) is 9.05. The quantitative estimate of drug-likeness (QED) is 0.495. The number of unbranched alkanes of at least 4 members (excludes halogenated alkanes) is 1. The zero-order chi connectivity index (χ0) is 15.4. The summed E-state index contributed by atoms with van der Waals surface area (Å²) in [6.45, 7) is 2.24. The van der Waals surface area contributed by atoms with Crippen LogP contribution in [-0.2, 0) is 0 Å². The monoisotopic (exact) mass is 296 g/mol. The number of benzene rings is 1. The largest absolute Gasteiger partial charge is 0.294 e. The van der Waals surface area contributed by atoms with Crippen molar-refractivity contribution in [2.24, 2.45) is 17.3 Å². The first-order chi connectivity index (χ1) is 10.8. The van der Waals surface area contributed by atoms with Crippen molar-refractivity contribution < 1.29 is 4.79 Å². The smallest absolute Gasteiger partial charge is 0.167 e. The van der Waals surface area contributed by atoms with Crippen LogP contribution in [0.15, 0.2) is 42.5 Å². The number of ketones is 1. The molecule has 2 atom stereocenters. The van der Waals surface area contributed by atoms with Crippen molar-refractivity contribution in [1.29, 1.82) is 0 Å². The third kappa shape index (κ3) is 2.91. The molecule has 1 aromatic rings. The average molecular weight is 296 g/mol. The Bertz CT molecular complexity index is 522. The summed E-state index contributed by atoms with van der Waals surface area (Å²) in [5.41, 5.74) is 1.06. The maximum Gasteiger partial charge on any atom is 0.167 e. The van der Waals surface area contributed by atoms with Crippen molar-refractivity contribution >= 4 is 5.78 Å². The molecule has 0 radical (unpaired) electrons. The SMILES string of the molecule is CCCC[C@H]1C=CC2(CCCCC2)[C@@H]1C(=O)c1ccccc1. The lowest BCUT2D eigenvalue weighted by Gasteiger charge is -2.39. The van der Waals surface area contributed by atoms with Crippen LogP contribution in [0.5, 0.6) is 0 Å². The van der Waals surface area contributed by atoms with E-state index in [0.717, 1.165) is 12.0 Å². The number of carbonyl (C=O) groups is 1. The molecule has 1 heteroatoms. The third-order valence-electron chi connectivity index (χ3n) is 5.74. The van der Waals surface area contributed by atoms with Gasteiger partial charge in [-0.2, -0.15) is 0 Å². The Labute approximate surface area is 134 Å². The molecule has 1 saturated carbocycles. The summed E-state index contributed by atoms with van der Waals surface area (Å²) in [7, 11) is 0. The second kappa shape index (κ2) is 6.81. The number of Topliss-reactive ketones (excluding diaryl/α,β-unsaturated/α-hetero) is 1. The summed E-state index contributed by atoms with van der Waals surface area (Å²) in [6.07, 6.45) is 14.7. The van der Waals surface area contributed by atoms with Crippen molar-refractivity contribution in [3.63, 3.8) is 0 Å². The van der Waals surface area contributed by atoms with Gasteiger partial charge in [-0.15, -0.1) is 0 Å². The summed E-state index contributed by atoms with van der Waals surface area (Å²) >= 11 is 0. The second-order valence-corrected chi connectivity index (χ2v) is 7.17. The molecule has 0 bridgehead atoms. The molecule has 22 heavy (non-hydrogen) atoms. The number of hydrogen-bond donors (Lipinski definition) is 0. The molecule has 1 nitrogen and oxygen atoms in total. The van der Waals surface area contributed by atoms with Crippen molar-refractivity contribution in [2.75, 3.05) is 0 Å². The van der Waals surface area contributed by atoms with E-state index in [1.165, 1.54) is 44.9 Å². The third-order valence-corrected chi connectivity index (χ3v) is 5.74. The van der Waals surface area contributed by atoms with Gasteiger partial charge >= 0.3 is 0 Å². The molecule has 1 spiro atoms. The lowest BCUT2D eigenvalue weighted by atomic mass is 9.63. The van der Waals surface area contributed by atoms with E-state index in [-0.39, 0.29) is 11.3 Å². The van der Waals surface area contributed by atoms with Crippen LogP contribution in [0.2, 0.25) is 0 Å². The van der Waals surface area contributed by atoms with Crippen LogP contribution in [0.3, 0.4) is 0 Å². The fourth-order valence-corrected chi connectivity index (χ4v) is 4.58. The van der Waals surface area contributed by atoms with Gasteiger partial charge in [0.05, 0.1) is 0 Å². The van der Waals surface area contributed by atoms with Crippen molar-refractivity contribution in [1.82, 2.24) is 0 Å². The Kier molecular flexibility index (Phi) is 4.81. The Morgan fingerprint density at radius 3 is 2.55 bits per heavy atom. The van der Waals surface area contributed by atoms with Gasteiger partial charge in [0, 0.05) is 11.5 Å². The number of carbonyl (C=O) groups excluding carboxylic acids is 1. The lowest BCUT2D eigenvalue weighted by Crippen LogP contribution is -2.37. The van der Waals surface area contributed by atoms with Crippen LogP contribution in [0.1, 0.15) is 68.6 Å². The minimum Gasteiger partial charge on any atom is -0.294 e. The molecule has 0 saturated heterocycles. The zero-order valence-corrected chi connectivity index (χ0v) is 13.8. The summed E-state index contributed by atoms with van der Waals surface area (Å²) in [5, 5.41) is 0. The van der Waals surface area contributed by atoms with E-state index in [1.54, 1.807) is 0 Å². The van der Waals surface area contributed by atoms with E-state index >= 15 is 0 Å². The molecule has 0 aromatic heterocycles. The molecule has 2 aliphatic carbocycles. The Hall–Kier alpha value is -1.37. The molecule has 1 aromatic carbocycles. The first kappa shape index (κ1) is 15.5. The van der Waals surface area contributed by atoms with Crippen molar-refractivity contribution in [2.45, 2.75) is 58.3 Å². The van der Waals surface area contributed by atoms with Crippen LogP contribution in [0, 0.1) is 17.3 Å². The maximum atomic E-state index is 13.3. The summed E-state index contributed by atoms with van der Waals surface area (Å²) in [5.74, 6) is 1.01. The van der Waals surface area contributed by atoms with Crippen LogP contribution < -0.4 is 0 Å². The molecular formula is C21H28O. The molecule has 1 fully saturated rings. The van der Waals surface area contributed by atoms with Crippen LogP contribution in [0.4, 0.5) is 0 Å². The predicted molar refractivity (Wildman–Crippen MR) is 91.9 cm³/mol. The molecule has 3 rings (SSSR count). The molecule has 2 aliphatic rings. The minimum atomic E-state index is 0.156. The van der Waals surface area contributed by atoms with Gasteiger partial charge in [-0.25, -0.2) is 0 Å². The maximum absolute atomic E-state index is 13.3. The van der Waals surface area contributed by atoms with E-state index in [2.05, 4.69) is 19.1 Å². The molecule has 0 amide bonds. The highest BCUT2D eigenvalue weighted by Crippen LogP contribution is 2.53. The van der Waals surface area contributed by atoms with Gasteiger partial charge in [-0.05, 0) is 30.6 Å². The standard InChI is InChI=1S/C21H28O/c1-2-3-10-17-13-16-21(14-8-5-9-15-21)19(17)20(22)18-11-6-4-7-12-18/h4,6-7,11-13,16-17,19H,2-3,5,8-10,14-15H2,1H3/t17-,19-/m0/s1. The van der Waals surface area contributed by atoms with Gasteiger partial charge in [-0.3, -0.25) is 4.79 Å². The summed E-state index contributed by atoms with van der Waals surface area (Å²) in [4.78, 5) is 13.3. The lowest BCUT2D eigenvalue weighted by molar-refractivity contribution is 0.0695. The van der Waals surface area contributed by atoms with Crippen LogP contribution in [-0.4, -0.2) is 5.78 Å². The fourth-order valence-electron chi connectivity index (χ4n) is 4.58. The molecular weight excluding hydrogens is 268 g/mol. The molecule has 0 heterocycles. The van der Waals surface area contributed by atoms with Crippen molar-refractivity contribution in [3.8, 4) is 0 Å². The van der Waals surface area contributed by atoms with E-state index in [4.69, 9.17) is 0 Å². The highest BCUT2D eigenvalue weighted by Gasteiger charge is 2.48. The van der Waals surface area contributed by atoms with E-state index in [9.17, 15) is 4.79 Å². The number of hydrogen-bond acceptors (Lipinski definition) is 1. The second-order valence-electron chi connectivity index (χ2n) is 7.17. The minimum absolute atomic E-state index is 0.156. The van der Waals surface area contributed by atoms with Gasteiger partial charge in [0.25, 0.3) is 0 Å². The highest BCUT2D eigenvalue weighted by molar-refractivity contribution is 5.99. The van der Waals surface area contributed by atoms with Gasteiger partial charge in [-0.1, -0.05) is 81.5 Å². The topological polar surface area (TPSA) is 17.1 Å². The number of allylic oxidation sites excluding steroid dienone is 2. The van der Waals surface area contributed by atoms with Gasteiger partial charge in [0.2, 0.25) is 0 Å². The Balaban J connectivity index is 1.88. The molecule has 0 unspecified atom stereocenters.